The topological polar surface area (TPSA) is 49.4 Å². The molecular formula is C26H33ClN2O2S. The van der Waals surface area contributed by atoms with Crippen LogP contribution < -0.4 is 5.32 Å². The highest BCUT2D eigenvalue weighted by atomic mass is 35.5. The van der Waals surface area contributed by atoms with E-state index in [4.69, 9.17) is 11.6 Å². The summed E-state index contributed by atoms with van der Waals surface area (Å²) in [6.45, 7) is 4.45. The van der Waals surface area contributed by atoms with Gasteiger partial charge < -0.3 is 10.2 Å². The lowest BCUT2D eigenvalue weighted by molar-refractivity contribution is -0.139. The summed E-state index contributed by atoms with van der Waals surface area (Å²) in [6.07, 6.45) is 6.20. The summed E-state index contributed by atoms with van der Waals surface area (Å²) in [4.78, 5) is 29.3. The van der Waals surface area contributed by atoms with Crippen molar-refractivity contribution in [1.29, 1.82) is 0 Å². The van der Waals surface area contributed by atoms with E-state index < -0.39 is 6.04 Å². The molecule has 2 aromatic carbocycles. The zero-order chi connectivity index (χ0) is 22.9. The lowest BCUT2D eigenvalue weighted by Crippen LogP contribution is -2.52. The summed E-state index contributed by atoms with van der Waals surface area (Å²) in [5.41, 5.74) is 2.18. The van der Waals surface area contributed by atoms with Crippen molar-refractivity contribution >= 4 is 35.2 Å². The normalized spacial score (nSPS) is 15.2. The molecule has 1 fully saturated rings. The third-order valence-electron chi connectivity index (χ3n) is 5.95. The number of halogens is 1. The zero-order valence-corrected chi connectivity index (χ0v) is 20.6. The Bertz CT molecular complexity index is 897. The first-order valence-electron chi connectivity index (χ1n) is 11.5. The molecule has 4 nitrogen and oxygen atoms in total. The van der Waals surface area contributed by atoms with E-state index in [2.05, 4.69) is 11.4 Å². The Kier molecular flexibility index (Phi) is 9.49. The van der Waals surface area contributed by atoms with Gasteiger partial charge in [0.25, 0.3) is 0 Å². The number of nitrogens with one attached hydrogen (secondary N) is 1. The monoisotopic (exact) mass is 472 g/mol. The molecule has 3 rings (SSSR count). The molecule has 0 heterocycles. The quantitative estimate of drug-likeness (QED) is 0.455. The molecular weight excluding hydrogens is 440 g/mol. The van der Waals surface area contributed by atoms with E-state index in [1.807, 2.05) is 56.3 Å². The van der Waals surface area contributed by atoms with Gasteiger partial charge >= 0.3 is 0 Å². The van der Waals surface area contributed by atoms with Gasteiger partial charge in [-0.2, -0.15) is 0 Å². The Morgan fingerprint density at radius 3 is 2.50 bits per heavy atom. The molecule has 0 aromatic heterocycles. The van der Waals surface area contributed by atoms with E-state index in [1.54, 1.807) is 4.90 Å². The van der Waals surface area contributed by atoms with Crippen molar-refractivity contribution in [2.75, 3.05) is 5.75 Å². The summed E-state index contributed by atoms with van der Waals surface area (Å²) < 4.78 is 0. The summed E-state index contributed by atoms with van der Waals surface area (Å²) in [5, 5.41) is 3.90. The highest BCUT2D eigenvalue weighted by molar-refractivity contribution is 8.00. The first-order chi connectivity index (χ1) is 15.5. The molecule has 1 aliphatic carbocycles. The van der Waals surface area contributed by atoms with E-state index in [1.165, 1.54) is 18.2 Å². The summed E-state index contributed by atoms with van der Waals surface area (Å²) in [5.74, 6) is 0.217. The second-order valence-corrected chi connectivity index (χ2v) is 10.0. The van der Waals surface area contributed by atoms with Crippen LogP contribution in [0, 0.1) is 6.92 Å². The minimum absolute atomic E-state index is 0.0305. The van der Waals surface area contributed by atoms with Gasteiger partial charge in [0.15, 0.2) is 0 Å². The van der Waals surface area contributed by atoms with Gasteiger partial charge in [-0.15, -0.1) is 11.8 Å². The van der Waals surface area contributed by atoms with Crippen LogP contribution >= 0.6 is 23.4 Å². The van der Waals surface area contributed by atoms with Gasteiger partial charge in [-0.05, 0) is 56.0 Å². The maximum atomic E-state index is 13.4. The molecule has 1 atom stereocenters. The number of benzene rings is 2. The van der Waals surface area contributed by atoms with Crippen molar-refractivity contribution in [2.45, 2.75) is 75.9 Å². The Morgan fingerprint density at radius 2 is 1.84 bits per heavy atom. The van der Waals surface area contributed by atoms with Gasteiger partial charge in [0.1, 0.15) is 6.04 Å². The lowest BCUT2D eigenvalue weighted by Gasteiger charge is -2.32. The van der Waals surface area contributed by atoms with E-state index in [0.29, 0.717) is 18.0 Å². The summed E-state index contributed by atoms with van der Waals surface area (Å²) >= 11 is 7.45. The van der Waals surface area contributed by atoms with Crippen LogP contribution in [0.1, 0.15) is 56.6 Å². The maximum Gasteiger partial charge on any atom is 0.243 e. The minimum Gasteiger partial charge on any atom is -0.352 e. The first-order valence-corrected chi connectivity index (χ1v) is 12.9. The second kappa shape index (κ2) is 12.3. The predicted molar refractivity (Wildman–Crippen MR) is 133 cm³/mol. The van der Waals surface area contributed by atoms with Gasteiger partial charge in [0.05, 0.1) is 5.75 Å². The molecule has 1 N–H and O–H groups in total. The second-order valence-electron chi connectivity index (χ2n) is 8.52. The third kappa shape index (κ3) is 7.28. The Labute approximate surface area is 201 Å². The van der Waals surface area contributed by atoms with Crippen LogP contribution in [0.4, 0.5) is 0 Å². The fraction of sp³-hybridized carbons (Fsp3) is 0.462. The molecule has 1 aliphatic rings. The van der Waals surface area contributed by atoms with Crippen molar-refractivity contribution in [3.05, 3.63) is 64.7 Å². The molecule has 172 valence electrons. The number of nitrogens with zero attached hydrogens (tertiary/aromatic N) is 1. The molecule has 32 heavy (non-hydrogen) atoms. The molecule has 0 bridgehead atoms. The highest BCUT2D eigenvalue weighted by Crippen LogP contribution is 2.23. The molecule has 0 aliphatic heterocycles. The number of rotatable bonds is 9. The third-order valence-corrected chi connectivity index (χ3v) is 7.20. The molecule has 6 heteroatoms. The van der Waals surface area contributed by atoms with E-state index in [9.17, 15) is 9.59 Å². The standard InChI is InChI=1S/C26H33ClN2O2S/c1-3-24(26(31)28-22-10-5-4-6-11-22)29(17-20-9-7-8-19(2)16-20)25(30)18-32-23-14-12-21(27)13-15-23/h7-9,12-16,22,24H,3-6,10-11,17-18H2,1-2H3,(H,28,31). The Hall–Kier alpha value is -1.98. The van der Waals surface area contributed by atoms with Gasteiger partial charge in [-0.3, -0.25) is 9.59 Å². The number of hydrogen-bond donors (Lipinski definition) is 1. The summed E-state index contributed by atoms with van der Waals surface area (Å²) in [6, 6.07) is 15.4. The number of thioether (sulfide) groups is 1. The SMILES string of the molecule is CCC(C(=O)NC1CCCCC1)N(Cc1cccc(C)c1)C(=O)CSc1ccc(Cl)cc1. The van der Waals surface area contributed by atoms with Crippen LogP contribution in [0.2, 0.25) is 5.02 Å². The first kappa shape index (κ1) is 24.7. The number of aryl methyl sites for hydroxylation is 1. The van der Waals surface area contributed by atoms with Crippen LogP contribution in [-0.4, -0.2) is 34.6 Å². The largest absolute Gasteiger partial charge is 0.352 e. The molecule has 0 spiro atoms. The summed E-state index contributed by atoms with van der Waals surface area (Å²) in [7, 11) is 0. The molecule has 0 radical (unpaired) electrons. The van der Waals surface area contributed by atoms with Crippen molar-refractivity contribution in [1.82, 2.24) is 10.2 Å². The van der Waals surface area contributed by atoms with Crippen molar-refractivity contribution < 1.29 is 9.59 Å². The number of amides is 2. The van der Waals surface area contributed by atoms with E-state index >= 15 is 0 Å². The van der Waals surface area contributed by atoms with Crippen molar-refractivity contribution in [2.24, 2.45) is 0 Å². The zero-order valence-electron chi connectivity index (χ0n) is 19.0. The van der Waals surface area contributed by atoms with Crippen LogP contribution in [0.3, 0.4) is 0 Å². The molecule has 1 saturated carbocycles. The molecule has 1 unspecified atom stereocenters. The van der Waals surface area contributed by atoms with Gasteiger partial charge in [-0.1, -0.05) is 67.6 Å². The van der Waals surface area contributed by atoms with E-state index in [0.717, 1.165) is 41.7 Å². The maximum absolute atomic E-state index is 13.4. The fourth-order valence-electron chi connectivity index (χ4n) is 4.23. The van der Waals surface area contributed by atoms with E-state index in [-0.39, 0.29) is 23.6 Å². The Morgan fingerprint density at radius 1 is 1.12 bits per heavy atom. The minimum atomic E-state index is -0.476. The van der Waals surface area contributed by atoms with Crippen LogP contribution in [0.15, 0.2) is 53.4 Å². The van der Waals surface area contributed by atoms with Crippen molar-refractivity contribution in [3.63, 3.8) is 0 Å². The number of carbonyl (C=O) groups is 2. The van der Waals surface area contributed by atoms with Gasteiger partial charge in [0, 0.05) is 22.5 Å². The predicted octanol–water partition coefficient (Wildman–Crippen LogP) is 6.00. The average Bonchev–Trinajstić information content (AvgIpc) is 2.79. The van der Waals surface area contributed by atoms with Gasteiger partial charge in [0.2, 0.25) is 11.8 Å². The van der Waals surface area contributed by atoms with Gasteiger partial charge in [-0.25, -0.2) is 0 Å². The number of hydrogen-bond acceptors (Lipinski definition) is 3. The number of carbonyl (C=O) groups excluding carboxylic acids is 2. The molecule has 2 aromatic rings. The fourth-order valence-corrected chi connectivity index (χ4v) is 5.14. The lowest BCUT2D eigenvalue weighted by atomic mass is 9.95. The van der Waals surface area contributed by atoms with Crippen molar-refractivity contribution in [3.8, 4) is 0 Å². The highest BCUT2D eigenvalue weighted by Gasteiger charge is 2.30. The van der Waals surface area contributed by atoms with Crippen LogP contribution in [0.5, 0.6) is 0 Å². The van der Waals surface area contributed by atoms with Crippen LogP contribution in [-0.2, 0) is 16.1 Å². The van der Waals surface area contributed by atoms with Crippen LogP contribution in [0.25, 0.3) is 0 Å². The Balaban J connectivity index is 1.74. The smallest absolute Gasteiger partial charge is 0.243 e. The molecule has 0 saturated heterocycles. The average molecular weight is 473 g/mol. The molecule has 2 amide bonds.